The van der Waals surface area contributed by atoms with E-state index < -0.39 is 5.60 Å². The molecule has 3 rings (SSSR count). The lowest BCUT2D eigenvalue weighted by Crippen LogP contribution is -2.54. The largest absolute Gasteiger partial charge is 0.389 e. The van der Waals surface area contributed by atoms with Crippen LogP contribution in [0.25, 0.3) is 0 Å². The molecule has 0 spiro atoms. The average molecular weight is 308 g/mol. The van der Waals surface area contributed by atoms with Crippen molar-refractivity contribution >= 4 is 17.5 Å². The number of aliphatic hydroxyl groups is 1. The highest BCUT2D eigenvalue weighted by molar-refractivity contribution is 6.31. The highest BCUT2D eigenvalue weighted by atomic mass is 35.5. The third-order valence-corrected chi connectivity index (χ3v) is 5.22. The second kappa shape index (κ2) is 5.62. The van der Waals surface area contributed by atoms with Gasteiger partial charge in [-0.2, -0.15) is 0 Å². The fraction of sp³-hybridized carbons (Fsp3) is 0.588. The summed E-state index contributed by atoms with van der Waals surface area (Å²) in [4.78, 5) is 14.6. The van der Waals surface area contributed by atoms with Crippen LogP contribution in [0.3, 0.4) is 0 Å². The van der Waals surface area contributed by atoms with Gasteiger partial charge in [0.2, 0.25) is 0 Å². The van der Waals surface area contributed by atoms with Crippen molar-refractivity contribution in [2.24, 2.45) is 5.92 Å². The molecule has 1 N–H and O–H groups in total. The highest BCUT2D eigenvalue weighted by Crippen LogP contribution is 2.40. The van der Waals surface area contributed by atoms with Gasteiger partial charge in [-0.1, -0.05) is 24.4 Å². The van der Waals surface area contributed by atoms with Crippen LogP contribution in [-0.4, -0.2) is 34.6 Å². The SMILES string of the molecule is Cc1cc(Cl)cc(C(=O)N2CCC3(O)CCCCC3C2)c1. The number of benzene rings is 1. The van der Waals surface area contributed by atoms with Crippen LogP contribution in [-0.2, 0) is 0 Å². The van der Waals surface area contributed by atoms with Gasteiger partial charge in [0.05, 0.1) is 5.60 Å². The molecule has 1 aromatic rings. The first-order valence-corrected chi connectivity index (χ1v) is 8.15. The summed E-state index contributed by atoms with van der Waals surface area (Å²) < 4.78 is 0. The topological polar surface area (TPSA) is 40.5 Å². The van der Waals surface area contributed by atoms with Crippen molar-refractivity contribution in [1.82, 2.24) is 4.90 Å². The predicted octanol–water partition coefficient (Wildman–Crippen LogP) is 3.42. The van der Waals surface area contributed by atoms with Gasteiger partial charge in [-0.25, -0.2) is 0 Å². The van der Waals surface area contributed by atoms with Gasteiger partial charge < -0.3 is 10.0 Å². The smallest absolute Gasteiger partial charge is 0.253 e. The minimum absolute atomic E-state index is 0.0354. The summed E-state index contributed by atoms with van der Waals surface area (Å²) in [5, 5.41) is 11.3. The van der Waals surface area contributed by atoms with Crippen LogP contribution >= 0.6 is 11.6 Å². The van der Waals surface area contributed by atoms with E-state index in [0.29, 0.717) is 30.1 Å². The molecule has 2 fully saturated rings. The summed E-state index contributed by atoms with van der Waals surface area (Å²) in [5.41, 5.74) is 1.11. The molecule has 1 saturated carbocycles. The molecule has 0 bridgehead atoms. The first kappa shape index (κ1) is 14.9. The Labute approximate surface area is 130 Å². The molecule has 1 aliphatic heterocycles. The molecular weight excluding hydrogens is 286 g/mol. The van der Waals surface area contributed by atoms with E-state index in [9.17, 15) is 9.90 Å². The zero-order valence-corrected chi connectivity index (χ0v) is 13.2. The number of fused-ring (bicyclic) bond motifs is 1. The minimum atomic E-state index is -0.542. The lowest BCUT2D eigenvalue weighted by Gasteiger charge is -2.47. The van der Waals surface area contributed by atoms with E-state index in [4.69, 9.17) is 11.6 Å². The Morgan fingerprint density at radius 2 is 2.14 bits per heavy atom. The summed E-state index contributed by atoms with van der Waals surface area (Å²) in [6.45, 7) is 3.25. The van der Waals surface area contributed by atoms with Gasteiger partial charge in [0, 0.05) is 29.6 Å². The van der Waals surface area contributed by atoms with Gasteiger partial charge in [-0.15, -0.1) is 0 Å². The highest BCUT2D eigenvalue weighted by Gasteiger charge is 2.43. The Bertz CT molecular complexity index is 539. The average Bonchev–Trinajstić information content (AvgIpc) is 2.44. The summed E-state index contributed by atoms with van der Waals surface area (Å²) in [6.07, 6.45) is 4.87. The zero-order chi connectivity index (χ0) is 15.0. The van der Waals surface area contributed by atoms with Crippen molar-refractivity contribution in [3.8, 4) is 0 Å². The number of hydrogen-bond donors (Lipinski definition) is 1. The van der Waals surface area contributed by atoms with E-state index in [2.05, 4.69) is 0 Å². The molecule has 2 unspecified atom stereocenters. The number of carbonyl (C=O) groups is 1. The second-order valence-electron chi connectivity index (χ2n) is 6.56. The Morgan fingerprint density at radius 1 is 1.33 bits per heavy atom. The molecule has 3 nitrogen and oxygen atoms in total. The van der Waals surface area contributed by atoms with Crippen molar-refractivity contribution in [2.75, 3.05) is 13.1 Å². The fourth-order valence-electron chi connectivity index (χ4n) is 3.80. The van der Waals surface area contributed by atoms with Crippen molar-refractivity contribution in [3.05, 3.63) is 34.3 Å². The predicted molar refractivity (Wildman–Crippen MR) is 83.6 cm³/mol. The maximum Gasteiger partial charge on any atom is 0.253 e. The van der Waals surface area contributed by atoms with E-state index in [-0.39, 0.29) is 11.8 Å². The Balaban J connectivity index is 1.77. The van der Waals surface area contributed by atoms with Crippen LogP contribution in [0.4, 0.5) is 0 Å². The third kappa shape index (κ3) is 2.95. The zero-order valence-electron chi connectivity index (χ0n) is 12.4. The molecule has 1 saturated heterocycles. The molecule has 2 atom stereocenters. The number of nitrogens with zero attached hydrogens (tertiary/aromatic N) is 1. The number of rotatable bonds is 1. The summed E-state index contributed by atoms with van der Waals surface area (Å²) >= 11 is 6.06. The Kier molecular flexibility index (Phi) is 3.98. The van der Waals surface area contributed by atoms with E-state index in [1.165, 1.54) is 0 Å². The number of hydrogen-bond acceptors (Lipinski definition) is 2. The maximum atomic E-state index is 12.7. The van der Waals surface area contributed by atoms with Crippen molar-refractivity contribution < 1.29 is 9.90 Å². The van der Waals surface area contributed by atoms with E-state index in [1.54, 1.807) is 6.07 Å². The summed E-state index contributed by atoms with van der Waals surface area (Å²) in [7, 11) is 0. The maximum absolute atomic E-state index is 12.7. The van der Waals surface area contributed by atoms with E-state index in [0.717, 1.165) is 31.2 Å². The van der Waals surface area contributed by atoms with Crippen molar-refractivity contribution in [1.29, 1.82) is 0 Å². The molecule has 114 valence electrons. The van der Waals surface area contributed by atoms with Crippen LogP contribution in [0.5, 0.6) is 0 Å². The number of amides is 1. The second-order valence-corrected chi connectivity index (χ2v) is 7.00. The number of carbonyl (C=O) groups excluding carboxylic acids is 1. The van der Waals surface area contributed by atoms with Crippen LogP contribution in [0, 0.1) is 12.8 Å². The molecule has 1 aliphatic carbocycles. The summed E-state index contributed by atoms with van der Waals surface area (Å²) in [5.74, 6) is 0.262. The number of halogens is 1. The molecule has 2 aliphatic rings. The number of likely N-dealkylation sites (tertiary alicyclic amines) is 1. The van der Waals surface area contributed by atoms with Gasteiger partial charge in [0.15, 0.2) is 0 Å². The lowest BCUT2D eigenvalue weighted by molar-refractivity contribution is -0.0886. The Morgan fingerprint density at radius 3 is 2.90 bits per heavy atom. The monoisotopic (exact) mass is 307 g/mol. The third-order valence-electron chi connectivity index (χ3n) is 5.00. The standard InChI is InChI=1S/C17H22ClNO2/c1-12-8-13(10-15(18)9-12)16(20)19-7-6-17(21)5-3-2-4-14(17)11-19/h8-10,14,21H,2-7,11H2,1H3. The quantitative estimate of drug-likeness (QED) is 0.863. The van der Waals surface area contributed by atoms with Crippen LogP contribution in [0.15, 0.2) is 18.2 Å². The van der Waals surface area contributed by atoms with Gasteiger partial charge in [-0.3, -0.25) is 4.79 Å². The van der Waals surface area contributed by atoms with Gasteiger partial charge in [-0.05, 0) is 49.9 Å². The van der Waals surface area contributed by atoms with Gasteiger partial charge >= 0.3 is 0 Å². The molecule has 0 radical (unpaired) electrons. The Hall–Kier alpha value is -1.06. The number of piperidine rings is 1. The van der Waals surface area contributed by atoms with E-state index >= 15 is 0 Å². The molecule has 1 amide bonds. The molecular formula is C17H22ClNO2. The van der Waals surface area contributed by atoms with E-state index in [1.807, 2.05) is 24.0 Å². The molecule has 1 heterocycles. The van der Waals surface area contributed by atoms with Gasteiger partial charge in [0.1, 0.15) is 0 Å². The van der Waals surface area contributed by atoms with Crippen molar-refractivity contribution in [2.45, 2.75) is 44.6 Å². The van der Waals surface area contributed by atoms with Gasteiger partial charge in [0.25, 0.3) is 5.91 Å². The van der Waals surface area contributed by atoms with Crippen LogP contribution in [0.1, 0.15) is 48.0 Å². The fourth-order valence-corrected chi connectivity index (χ4v) is 4.09. The molecule has 0 aromatic heterocycles. The summed E-state index contributed by atoms with van der Waals surface area (Å²) in [6, 6.07) is 5.48. The molecule has 21 heavy (non-hydrogen) atoms. The molecule has 4 heteroatoms. The first-order chi connectivity index (χ1) is 9.98. The lowest BCUT2D eigenvalue weighted by atomic mass is 9.71. The normalized spacial score (nSPS) is 29.1. The number of aryl methyl sites for hydroxylation is 1. The van der Waals surface area contributed by atoms with Crippen LogP contribution < -0.4 is 0 Å². The minimum Gasteiger partial charge on any atom is -0.389 e. The molecule has 1 aromatic carbocycles. The van der Waals surface area contributed by atoms with Crippen LogP contribution in [0.2, 0.25) is 5.02 Å². The van der Waals surface area contributed by atoms with Crippen molar-refractivity contribution in [3.63, 3.8) is 0 Å². The first-order valence-electron chi connectivity index (χ1n) is 7.77.